The van der Waals surface area contributed by atoms with Crippen molar-refractivity contribution in [1.29, 1.82) is 5.26 Å². The van der Waals surface area contributed by atoms with Gasteiger partial charge in [0.15, 0.2) is 0 Å². The number of hydrogen-bond donors (Lipinski definition) is 1. The molecule has 0 aliphatic carbocycles. The van der Waals surface area contributed by atoms with Crippen LogP contribution in [0.3, 0.4) is 0 Å². The van der Waals surface area contributed by atoms with Gasteiger partial charge in [0.25, 0.3) is 11.5 Å². The molecule has 2 heterocycles. The van der Waals surface area contributed by atoms with E-state index in [-0.39, 0.29) is 17.0 Å². The zero-order chi connectivity index (χ0) is 25.5. The van der Waals surface area contributed by atoms with Gasteiger partial charge in [0.2, 0.25) is 0 Å². The first kappa shape index (κ1) is 27.0. The first-order chi connectivity index (χ1) is 16.8. The van der Waals surface area contributed by atoms with Crippen LogP contribution in [-0.2, 0) is 17.9 Å². The van der Waals surface area contributed by atoms with Crippen molar-refractivity contribution in [3.05, 3.63) is 66.8 Å². The van der Waals surface area contributed by atoms with Crippen LogP contribution < -0.4 is 10.9 Å². The zero-order valence-electron chi connectivity index (χ0n) is 20.2. The molecule has 1 aliphatic rings. The minimum atomic E-state index is -0.366. The molecule has 184 valence electrons. The van der Waals surface area contributed by atoms with E-state index < -0.39 is 0 Å². The lowest BCUT2D eigenvalue weighted by Gasteiger charge is -2.20. The Morgan fingerprint density at radius 2 is 1.94 bits per heavy atom. The Labute approximate surface area is 221 Å². The number of nitrogens with zero attached hydrogens (tertiary/aromatic N) is 3. The third-order valence-electron chi connectivity index (χ3n) is 5.98. The standard InChI is InChI=1S/C26H29ClN4O2S2/c1-4-6-7-10-13-31-25(33)22(35-26(31)34)14-19-17(3)20(15-28)24(32)30(5-2)23(19)29-16-18-11-8-9-12-21(18)27/h8-9,11-12,14,29H,4-7,10,13,16H2,1-3H3/b22-14+. The number of unbranched alkanes of at least 4 members (excludes halogenated alkanes) is 3. The number of aromatic nitrogens is 1. The maximum absolute atomic E-state index is 13.2. The average Bonchev–Trinajstić information content (AvgIpc) is 3.10. The summed E-state index contributed by atoms with van der Waals surface area (Å²) < 4.78 is 2.06. The molecular formula is C26H29ClN4O2S2. The zero-order valence-corrected chi connectivity index (χ0v) is 22.6. The molecule has 3 rings (SSSR count). The molecule has 1 N–H and O–H groups in total. The van der Waals surface area contributed by atoms with Crippen molar-refractivity contribution in [3.8, 4) is 6.07 Å². The highest BCUT2D eigenvalue weighted by Gasteiger charge is 2.32. The normalized spacial score (nSPS) is 14.6. The molecule has 0 bridgehead atoms. The summed E-state index contributed by atoms with van der Waals surface area (Å²) in [6, 6.07) is 9.51. The Hall–Kier alpha value is -2.60. The monoisotopic (exact) mass is 528 g/mol. The number of thiocarbonyl (C=S) groups is 1. The molecule has 9 heteroatoms. The van der Waals surface area contributed by atoms with Crippen LogP contribution >= 0.6 is 35.6 Å². The van der Waals surface area contributed by atoms with E-state index in [0.29, 0.717) is 50.8 Å². The fraction of sp³-hybridized carbons (Fsp3) is 0.385. The van der Waals surface area contributed by atoms with Crippen LogP contribution in [0.25, 0.3) is 6.08 Å². The number of thioether (sulfide) groups is 1. The summed E-state index contributed by atoms with van der Waals surface area (Å²) in [5, 5.41) is 13.6. The second kappa shape index (κ2) is 12.4. The SMILES string of the molecule is CCCCCCN1C(=O)/C(=C\c2c(C)c(C#N)c(=O)n(CC)c2NCc2ccccc2Cl)SC1=S. The van der Waals surface area contributed by atoms with Gasteiger partial charge < -0.3 is 5.32 Å². The summed E-state index contributed by atoms with van der Waals surface area (Å²) in [6.07, 6.45) is 5.95. The maximum Gasteiger partial charge on any atom is 0.270 e. The molecule has 35 heavy (non-hydrogen) atoms. The van der Waals surface area contributed by atoms with Crippen LogP contribution in [0.4, 0.5) is 5.82 Å². The van der Waals surface area contributed by atoms with Crippen LogP contribution in [0.2, 0.25) is 5.02 Å². The number of rotatable bonds is 10. The fourth-order valence-corrected chi connectivity index (χ4v) is 5.49. The van der Waals surface area contributed by atoms with Crippen molar-refractivity contribution in [2.24, 2.45) is 0 Å². The van der Waals surface area contributed by atoms with Gasteiger partial charge in [-0.25, -0.2) is 0 Å². The fourth-order valence-electron chi connectivity index (χ4n) is 4.00. The van der Waals surface area contributed by atoms with Crippen LogP contribution in [0.15, 0.2) is 34.0 Å². The Balaban J connectivity index is 2.03. The summed E-state index contributed by atoms with van der Waals surface area (Å²) in [5.41, 5.74) is 1.72. The van der Waals surface area contributed by atoms with Crippen LogP contribution in [0.5, 0.6) is 0 Å². The summed E-state index contributed by atoms with van der Waals surface area (Å²) in [5.74, 6) is 0.405. The summed E-state index contributed by atoms with van der Waals surface area (Å²) in [4.78, 5) is 28.4. The van der Waals surface area contributed by atoms with E-state index in [0.717, 1.165) is 31.2 Å². The number of pyridine rings is 1. The number of amides is 1. The smallest absolute Gasteiger partial charge is 0.270 e. The minimum absolute atomic E-state index is 0.0661. The first-order valence-corrected chi connectivity index (χ1v) is 13.3. The molecule has 6 nitrogen and oxygen atoms in total. The topological polar surface area (TPSA) is 78.1 Å². The van der Waals surface area contributed by atoms with Gasteiger partial charge in [0.1, 0.15) is 21.8 Å². The van der Waals surface area contributed by atoms with Crippen molar-refractivity contribution in [3.63, 3.8) is 0 Å². The Morgan fingerprint density at radius 1 is 1.20 bits per heavy atom. The molecule has 0 unspecified atom stereocenters. The summed E-state index contributed by atoms with van der Waals surface area (Å²) >= 11 is 13.1. The van der Waals surface area contributed by atoms with Crippen LogP contribution in [0.1, 0.15) is 61.8 Å². The quantitative estimate of drug-likeness (QED) is 0.228. The van der Waals surface area contributed by atoms with E-state index in [4.69, 9.17) is 23.8 Å². The van der Waals surface area contributed by atoms with E-state index in [2.05, 4.69) is 12.2 Å². The second-order valence-electron chi connectivity index (χ2n) is 8.26. The predicted octanol–water partition coefficient (Wildman–Crippen LogP) is 6.10. The van der Waals surface area contributed by atoms with Gasteiger partial charge in [-0.3, -0.25) is 19.1 Å². The highest BCUT2D eigenvalue weighted by molar-refractivity contribution is 8.26. The van der Waals surface area contributed by atoms with Gasteiger partial charge >= 0.3 is 0 Å². The molecule has 2 aromatic rings. The van der Waals surface area contributed by atoms with Gasteiger partial charge in [-0.05, 0) is 43.5 Å². The number of carbonyl (C=O) groups excluding carboxylic acids is 1. The van der Waals surface area contributed by atoms with Crippen molar-refractivity contribution in [2.45, 2.75) is 59.5 Å². The minimum Gasteiger partial charge on any atom is -0.367 e. The Morgan fingerprint density at radius 3 is 2.60 bits per heavy atom. The molecule has 1 fully saturated rings. The van der Waals surface area contributed by atoms with E-state index in [1.165, 1.54) is 16.3 Å². The Bertz CT molecular complexity index is 1260. The van der Waals surface area contributed by atoms with E-state index in [1.807, 2.05) is 37.3 Å². The molecule has 1 aromatic heterocycles. The number of hydrogen-bond acceptors (Lipinski definition) is 6. The maximum atomic E-state index is 13.2. The molecule has 1 aromatic carbocycles. The highest BCUT2D eigenvalue weighted by atomic mass is 35.5. The van der Waals surface area contributed by atoms with Gasteiger partial charge in [0, 0.05) is 30.2 Å². The van der Waals surface area contributed by atoms with Gasteiger partial charge in [-0.15, -0.1) is 0 Å². The lowest BCUT2D eigenvalue weighted by Crippen LogP contribution is -2.29. The number of halogens is 1. The van der Waals surface area contributed by atoms with Gasteiger partial charge in [-0.1, -0.05) is 80.0 Å². The number of benzene rings is 1. The molecule has 0 radical (unpaired) electrons. The van der Waals surface area contributed by atoms with E-state index >= 15 is 0 Å². The average molecular weight is 529 g/mol. The van der Waals surface area contributed by atoms with Gasteiger partial charge in [0.05, 0.1) is 4.91 Å². The van der Waals surface area contributed by atoms with Crippen LogP contribution in [-0.4, -0.2) is 26.2 Å². The third-order valence-corrected chi connectivity index (χ3v) is 7.73. The van der Waals surface area contributed by atoms with Crippen molar-refractivity contribution >= 4 is 57.7 Å². The lowest BCUT2D eigenvalue weighted by molar-refractivity contribution is -0.122. The van der Waals surface area contributed by atoms with Crippen molar-refractivity contribution in [1.82, 2.24) is 9.47 Å². The third kappa shape index (κ3) is 5.97. The number of carbonyl (C=O) groups is 1. The van der Waals surface area contributed by atoms with Crippen molar-refractivity contribution < 1.29 is 4.79 Å². The number of nitriles is 1. The molecule has 1 saturated heterocycles. The van der Waals surface area contributed by atoms with Crippen molar-refractivity contribution in [2.75, 3.05) is 11.9 Å². The molecule has 0 spiro atoms. The summed E-state index contributed by atoms with van der Waals surface area (Å²) in [6.45, 7) is 7.06. The predicted molar refractivity (Wildman–Crippen MR) is 149 cm³/mol. The first-order valence-electron chi connectivity index (χ1n) is 11.7. The molecule has 1 aliphatic heterocycles. The summed E-state index contributed by atoms with van der Waals surface area (Å²) in [7, 11) is 0. The molecule has 0 saturated carbocycles. The largest absolute Gasteiger partial charge is 0.367 e. The Kier molecular flexibility index (Phi) is 9.55. The molecular weight excluding hydrogens is 500 g/mol. The number of nitrogens with one attached hydrogen (secondary N) is 1. The molecule has 1 amide bonds. The lowest BCUT2D eigenvalue weighted by atomic mass is 10.0. The van der Waals surface area contributed by atoms with E-state index in [9.17, 15) is 14.9 Å². The van der Waals surface area contributed by atoms with Crippen LogP contribution in [0, 0.1) is 18.3 Å². The second-order valence-corrected chi connectivity index (χ2v) is 10.3. The molecule has 0 atom stereocenters. The van der Waals surface area contributed by atoms with E-state index in [1.54, 1.807) is 17.9 Å². The highest BCUT2D eigenvalue weighted by Crippen LogP contribution is 2.35. The number of anilines is 1. The van der Waals surface area contributed by atoms with Gasteiger partial charge in [-0.2, -0.15) is 5.26 Å².